The third-order valence-electron chi connectivity index (χ3n) is 4.67. The van der Waals surface area contributed by atoms with E-state index in [-0.39, 0.29) is 5.41 Å². The van der Waals surface area contributed by atoms with Crippen LogP contribution in [-0.2, 0) is 11.3 Å². The summed E-state index contributed by atoms with van der Waals surface area (Å²) < 4.78 is 10.9. The van der Waals surface area contributed by atoms with Gasteiger partial charge in [-0.15, -0.1) is 0 Å². The van der Waals surface area contributed by atoms with Gasteiger partial charge in [0.1, 0.15) is 0 Å². The standard InChI is InChI=1S/C16H26N2O2/c1-5-16(3)13(9-14(16)20-6-2)17-10-12-7-8-15(19-4)18-11-12/h7-8,11,13-14,17H,5-6,9-10H2,1-4H3. The molecule has 1 saturated carbocycles. The van der Waals surface area contributed by atoms with E-state index in [2.05, 4.69) is 37.1 Å². The van der Waals surface area contributed by atoms with Crippen molar-refractivity contribution < 1.29 is 9.47 Å². The first kappa shape index (κ1) is 15.3. The second-order valence-corrected chi connectivity index (χ2v) is 5.68. The first-order chi connectivity index (χ1) is 9.63. The van der Waals surface area contributed by atoms with Gasteiger partial charge in [-0.3, -0.25) is 0 Å². The molecule has 4 nitrogen and oxygen atoms in total. The number of hydrogen-bond donors (Lipinski definition) is 1. The fraction of sp³-hybridized carbons (Fsp3) is 0.688. The molecule has 0 saturated heterocycles. The van der Waals surface area contributed by atoms with E-state index in [4.69, 9.17) is 9.47 Å². The summed E-state index contributed by atoms with van der Waals surface area (Å²) in [5, 5.41) is 3.64. The second kappa shape index (κ2) is 6.55. The van der Waals surface area contributed by atoms with Crippen molar-refractivity contribution >= 4 is 0 Å². The molecular weight excluding hydrogens is 252 g/mol. The molecule has 1 fully saturated rings. The predicted octanol–water partition coefficient (Wildman–Crippen LogP) is 2.77. The summed E-state index contributed by atoms with van der Waals surface area (Å²) in [7, 11) is 1.63. The van der Waals surface area contributed by atoms with Gasteiger partial charge in [0.25, 0.3) is 0 Å². The molecule has 4 heteroatoms. The normalized spacial score (nSPS) is 29.0. The van der Waals surface area contributed by atoms with Gasteiger partial charge in [0.2, 0.25) is 5.88 Å². The largest absolute Gasteiger partial charge is 0.481 e. The number of methoxy groups -OCH3 is 1. The molecule has 3 atom stereocenters. The van der Waals surface area contributed by atoms with Crippen molar-refractivity contribution in [2.75, 3.05) is 13.7 Å². The number of ether oxygens (including phenoxy) is 2. The maximum Gasteiger partial charge on any atom is 0.212 e. The van der Waals surface area contributed by atoms with Crippen LogP contribution in [0.25, 0.3) is 0 Å². The van der Waals surface area contributed by atoms with E-state index in [1.807, 2.05) is 12.3 Å². The lowest BCUT2D eigenvalue weighted by atomic mass is 9.61. The monoisotopic (exact) mass is 278 g/mol. The molecule has 1 aromatic rings. The van der Waals surface area contributed by atoms with Gasteiger partial charge in [0.05, 0.1) is 13.2 Å². The van der Waals surface area contributed by atoms with Crippen LogP contribution in [-0.4, -0.2) is 30.8 Å². The molecule has 1 N–H and O–H groups in total. The molecule has 20 heavy (non-hydrogen) atoms. The van der Waals surface area contributed by atoms with Crippen LogP contribution in [0.4, 0.5) is 0 Å². The predicted molar refractivity (Wildman–Crippen MR) is 79.8 cm³/mol. The minimum absolute atomic E-state index is 0.246. The van der Waals surface area contributed by atoms with Crippen molar-refractivity contribution in [1.29, 1.82) is 0 Å². The highest BCUT2D eigenvalue weighted by atomic mass is 16.5. The Kier molecular flexibility index (Phi) is 5.00. The van der Waals surface area contributed by atoms with E-state index >= 15 is 0 Å². The fourth-order valence-electron chi connectivity index (χ4n) is 2.94. The number of aromatic nitrogens is 1. The average molecular weight is 278 g/mol. The Morgan fingerprint density at radius 2 is 2.20 bits per heavy atom. The van der Waals surface area contributed by atoms with Crippen LogP contribution in [0.1, 0.15) is 39.2 Å². The topological polar surface area (TPSA) is 43.4 Å². The Bertz CT molecular complexity index is 421. The summed E-state index contributed by atoms with van der Waals surface area (Å²) in [5.74, 6) is 0.659. The van der Waals surface area contributed by atoms with Gasteiger partial charge in [-0.25, -0.2) is 4.98 Å². The van der Waals surface area contributed by atoms with E-state index < -0.39 is 0 Å². The minimum Gasteiger partial charge on any atom is -0.481 e. The summed E-state index contributed by atoms with van der Waals surface area (Å²) in [6.45, 7) is 8.28. The molecule has 0 bridgehead atoms. The number of nitrogens with one attached hydrogen (secondary N) is 1. The lowest BCUT2D eigenvalue weighted by Gasteiger charge is -2.53. The van der Waals surface area contributed by atoms with Crippen molar-refractivity contribution in [3.63, 3.8) is 0 Å². The van der Waals surface area contributed by atoms with Gasteiger partial charge < -0.3 is 14.8 Å². The molecule has 0 aliphatic heterocycles. The van der Waals surface area contributed by atoms with E-state index in [1.165, 1.54) is 5.56 Å². The first-order valence-corrected chi connectivity index (χ1v) is 7.48. The second-order valence-electron chi connectivity index (χ2n) is 5.68. The zero-order valence-electron chi connectivity index (χ0n) is 13.0. The highest BCUT2D eigenvalue weighted by molar-refractivity contribution is 5.18. The summed E-state index contributed by atoms with van der Waals surface area (Å²) in [4.78, 5) is 4.23. The third kappa shape index (κ3) is 2.96. The number of nitrogens with zero attached hydrogens (tertiary/aromatic N) is 1. The third-order valence-corrected chi connectivity index (χ3v) is 4.67. The quantitative estimate of drug-likeness (QED) is 0.833. The Hall–Kier alpha value is -1.13. The maximum atomic E-state index is 5.83. The van der Waals surface area contributed by atoms with Gasteiger partial charge in [0, 0.05) is 36.9 Å². The van der Waals surface area contributed by atoms with Gasteiger partial charge in [-0.05, 0) is 25.3 Å². The highest BCUT2D eigenvalue weighted by Crippen LogP contribution is 2.45. The van der Waals surface area contributed by atoms with Crippen LogP contribution >= 0.6 is 0 Å². The molecule has 1 aliphatic rings. The Labute approximate surface area is 121 Å². The van der Waals surface area contributed by atoms with Gasteiger partial charge >= 0.3 is 0 Å². The average Bonchev–Trinajstić information content (AvgIpc) is 2.49. The Morgan fingerprint density at radius 1 is 1.40 bits per heavy atom. The van der Waals surface area contributed by atoms with Gasteiger partial charge in [-0.1, -0.05) is 19.9 Å². The van der Waals surface area contributed by atoms with Crippen molar-refractivity contribution in [2.45, 2.75) is 52.3 Å². The summed E-state index contributed by atoms with van der Waals surface area (Å²) >= 11 is 0. The minimum atomic E-state index is 0.246. The van der Waals surface area contributed by atoms with Gasteiger partial charge in [0.15, 0.2) is 0 Å². The van der Waals surface area contributed by atoms with Crippen LogP contribution in [0.5, 0.6) is 5.88 Å². The van der Waals surface area contributed by atoms with Gasteiger partial charge in [-0.2, -0.15) is 0 Å². The maximum absolute atomic E-state index is 5.83. The molecule has 1 aromatic heterocycles. The number of pyridine rings is 1. The zero-order chi connectivity index (χ0) is 14.6. The molecule has 0 spiro atoms. The number of rotatable bonds is 7. The highest BCUT2D eigenvalue weighted by Gasteiger charge is 2.50. The molecule has 0 amide bonds. The first-order valence-electron chi connectivity index (χ1n) is 7.48. The summed E-state index contributed by atoms with van der Waals surface area (Å²) in [5.41, 5.74) is 1.43. The smallest absolute Gasteiger partial charge is 0.212 e. The molecule has 0 aromatic carbocycles. The van der Waals surface area contributed by atoms with E-state index in [9.17, 15) is 0 Å². The molecular formula is C16H26N2O2. The van der Waals surface area contributed by atoms with Crippen molar-refractivity contribution in [2.24, 2.45) is 5.41 Å². The van der Waals surface area contributed by atoms with Crippen molar-refractivity contribution in [1.82, 2.24) is 10.3 Å². The molecule has 2 rings (SSSR count). The van der Waals surface area contributed by atoms with Crippen LogP contribution in [0, 0.1) is 5.41 Å². The Morgan fingerprint density at radius 3 is 2.75 bits per heavy atom. The molecule has 1 aliphatic carbocycles. The molecule has 1 heterocycles. The summed E-state index contributed by atoms with van der Waals surface area (Å²) in [6.07, 6.45) is 4.50. The van der Waals surface area contributed by atoms with E-state index in [1.54, 1.807) is 7.11 Å². The van der Waals surface area contributed by atoms with Crippen molar-refractivity contribution in [3.05, 3.63) is 23.9 Å². The fourth-order valence-corrected chi connectivity index (χ4v) is 2.94. The SMILES string of the molecule is CCOC1CC(NCc2ccc(OC)nc2)C1(C)CC. The van der Waals surface area contributed by atoms with Crippen LogP contribution in [0.3, 0.4) is 0 Å². The number of hydrogen-bond acceptors (Lipinski definition) is 4. The van der Waals surface area contributed by atoms with Crippen molar-refractivity contribution in [3.8, 4) is 5.88 Å². The summed E-state index contributed by atoms with van der Waals surface area (Å²) in [6, 6.07) is 4.48. The Balaban J connectivity index is 1.87. The van der Waals surface area contributed by atoms with E-state index in [0.29, 0.717) is 18.0 Å². The van der Waals surface area contributed by atoms with E-state index in [0.717, 1.165) is 26.0 Å². The molecule has 0 radical (unpaired) electrons. The molecule has 112 valence electrons. The lowest BCUT2D eigenvalue weighted by molar-refractivity contribution is -0.126. The zero-order valence-corrected chi connectivity index (χ0v) is 13.0. The van der Waals surface area contributed by atoms with Crippen LogP contribution < -0.4 is 10.1 Å². The molecule has 3 unspecified atom stereocenters. The lowest BCUT2D eigenvalue weighted by Crippen LogP contribution is -2.61. The van der Waals surface area contributed by atoms with Crippen LogP contribution in [0.15, 0.2) is 18.3 Å². The van der Waals surface area contributed by atoms with Crippen LogP contribution in [0.2, 0.25) is 0 Å².